The average molecular weight is 334 g/mol. The molecule has 124 valence electrons. The summed E-state index contributed by atoms with van der Waals surface area (Å²) in [5.74, 6) is -4.24. The van der Waals surface area contributed by atoms with E-state index in [1.165, 1.54) is 25.1 Å². The molecule has 2 N–H and O–H groups in total. The number of halogens is 3. The lowest BCUT2D eigenvalue weighted by Gasteiger charge is -2.25. The number of carbonyl (C=O) groups excluding carboxylic acids is 2. The number of benzene rings is 2. The first-order valence-electron chi connectivity index (χ1n) is 7.11. The van der Waals surface area contributed by atoms with Gasteiger partial charge in [-0.3, -0.25) is 9.59 Å². The van der Waals surface area contributed by atoms with Gasteiger partial charge in [0, 0.05) is 5.56 Å². The molecule has 0 bridgehead atoms. The third-order valence-corrected chi connectivity index (χ3v) is 4.27. The van der Waals surface area contributed by atoms with Crippen molar-refractivity contribution in [1.82, 2.24) is 0 Å². The van der Waals surface area contributed by atoms with Crippen LogP contribution in [0.25, 0.3) is 0 Å². The molecule has 1 aliphatic rings. The number of nitrogens with two attached hydrogens (primary N) is 1. The monoisotopic (exact) mass is 334 g/mol. The number of anilines is 1. The minimum atomic E-state index is -1.59. The van der Waals surface area contributed by atoms with Crippen LogP contribution in [0.5, 0.6) is 0 Å². The second-order valence-electron chi connectivity index (χ2n) is 5.74. The van der Waals surface area contributed by atoms with Crippen LogP contribution in [0.2, 0.25) is 0 Å². The summed E-state index contributed by atoms with van der Waals surface area (Å²) in [5, 5.41) is 0. The molecule has 0 saturated heterocycles. The normalized spacial score (nSPS) is 19.5. The summed E-state index contributed by atoms with van der Waals surface area (Å²) < 4.78 is 41.5. The highest BCUT2D eigenvalue weighted by atomic mass is 19.2. The van der Waals surface area contributed by atoms with Crippen LogP contribution in [0.15, 0.2) is 36.4 Å². The van der Waals surface area contributed by atoms with E-state index in [0.29, 0.717) is 0 Å². The molecular weight excluding hydrogens is 321 g/mol. The maximum absolute atomic E-state index is 14.5. The van der Waals surface area contributed by atoms with Gasteiger partial charge < -0.3 is 10.6 Å². The third kappa shape index (κ3) is 2.16. The lowest BCUT2D eigenvalue weighted by atomic mass is 9.77. The van der Waals surface area contributed by atoms with Crippen LogP contribution in [-0.4, -0.2) is 18.4 Å². The molecule has 0 unspecified atom stereocenters. The van der Waals surface area contributed by atoms with Crippen LogP contribution in [0.3, 0.4) is 0 Å². The molecule has 7 heteroatoms. The Labute approximate surface area is 135 Å². The maximum atomic E-state index is 14.5. The van der Waals surface area contributed by atoms with E-state index in [1.54, 1.807) is 0 Å². The van der Waals surface area contributed by atoms with Gasteiger partial charge in [0.2, 0.25) is 11.8 Å². The summed E-state index contributed by atoms with van der Waals surface area (Å²) in [6, 6.07) is 7.02. The van der Waals surface area contributed by atoms with Gasteiger partial charge in [0.1, 0.15) is 17.8 Å². The number of hydrogen-bond acceptors (Lipinski definition) is 2. The van der Waals surface area contributed by atoms with Crippen LogP contribution in [0.4, 0.5) is 18.9 Å². The van der Waals surface area contributed by atoms with Crippen molar-refractivity contribution in [2.75, 3.05) is 11.4 Å². The second-order valence-corrected chi connectivity index (χ2v) is 5.74. The number of nitrogens with zero attached hydrogens (tertiary/aromatic N) is 1. The Morgan fingerprint density at radius 2 is 1.75 bits per heavy atom. The first-order valence-corrected chi connectivity index (χ1v) is 7.11. The van der Waals surface area contributed by atoms with E-state index in [2.05, 4.69) is 0 Å². The first kappa shape index (κ1) is 16.0. The molecular formula is C17H13F3N2O2. The van der Waals surface area contributed by atoms with Crippen molar-refractivity contribution in [1.29, 1.82) is 0 Å². The molecule has 0 aromatic heterocycles. The summed E-state index contributed by atoms with van der Waals surface area (Å²) >= 11 is 0. The quantitative estimate of drug-likeness (QED) is 0.936. The molecule has 1 aliphatic heterocycles. The molecule has 0 spiro atoms. The summed E-state index contributed by atoms with van der Waals surface area (Å²) in [6.45, 7) is 0.943. The number of fused-ring (bicyclic) bond motifs is 1. The Morgan fingerprint density at radius 3 is 2.33 bits per heavy atom. The zero-order valence-electron chi connectivity index (χ0n) is 12.6. The minimum Gasteiger partial charge on any atom is -0.368 e. The highest BCUT2D eigenvalue weighted by Gasteiger charge is 2.51. The Bertz CT molecular complexity index is 852. The van der Waals surface area contributed by atoms with Gasteiger partial charge in [-0.25, -0.2) is 13.2 Å². The highest BCUT2D eigenvalue weighted by Crippen LogP contribution is 2.47. The van der Waals surface area contributed by atoms with Crippen LogP contribution in [-0.2, 0) is 15.0 Å². The molecule has 0 fully saturated rings. The largest absolute Gasteiger partial charge is 0.368 e. The number of hydrogen-bond donors (Lipinski definition) is 1. The highest BCUT2D eigenvalue weighted by molar-refractivity contribution is 6.12. The predicted molar refractivity (Wildman–Crippen MR) is 80.8 cm³/mol. The SMILES string of the molecule is C[C@]1(c2ccc(F)cc2)C(=O)N(CC(N)=O)c2ccc(F)c(F)c21. The van der Waals surface area contributed by atoms with Crippen LogP contribution >= 0.6 is 0 Å². The fourth-order valence-electron chi connectivity index (χ4n) is 3.09. The zero-order chi connectivity index (χ0) is 17.6. The van der Waals surface area contributed by atoms with Gasteiger partial charge in [0.25, 0.3) is 0 Å². The van der Waals surface area contributed by atoms with Gasteiger partial charge in [-0.1, -0.05) is 12.1 Å². The molecule has 1 atom stereocenters. The molecule has 24 heavy (non-hydrogen) atoms. The van der Waals surface area contributed by atoms with Crippen molar-refractivity contribution in [3.63, 3.8) is 0 Å². The first-order chi connectivity index (χ1) is 11.3. The summed E-state index contributed by atoms with van der Waals surface area (Å²) in [5.41, 5.74) is 3.73. The maximum Gasteiger partial charge on any atom is 0.242 e. The smallest absolute Gasteiger partial charge is 0.242 e. The van der Waals surface area contributed by atoms with Crippen molar-refractivity contribution >= 4 is 17.5 Å². The molecule has 0 saturated carbocycles. The van der Waals surface area contributed by atoms with Crippen LogP contribution in [0, 0.1) is 17.5 Å². The fourth-order valence-corrected chi connectivity index (χ4v) is 3.09. The Morgan fingerprint density at radius 1 is 1.12 bits per heavy atom. The van der Waals surface area contributed by atoms with E-state index in [0.717, 1.165) is 23.1 Å². The van der Waals surface area contributed by atoms with E-state index >= 15 is 0 Å². The average Bonchev–Trinajstić information content (AvgIpc) is 2.74. The van der Waals surface area contributed by atoms with Crippen molar-refractivity contribution in [2.45, 2.75) is 12.3 Å². The van der Waals surface area contributed by atoms with Gasteiger partial charge in [-0.15, -0.1) is 0 Å². The molecule has 4 nitrogen and oxygen atoms in total. The van der Waals surface area contributed by atoms with Crippen molar-refractivity contribution in [2.24, 2.45) is 5.73 Å². The van der Waals surface area contributed by atoms with E-state index in [-0.39, 0.29) is 16.8 Å². The van der Waals surface area contributed by atoms with Crippen molar-refractivity contribution in [3.8, 4) is 0 Å². The van der Waals surface area contributed by atoms with Crippen molar-refractivity contribution in [3.05, 3.63) is 65.0 Å². The van der Waals surface area contributed by atoms with E-state index < -0.39 is 41.2 Å². The number of amides is 2. The number of rotatable bonds is 3. The summed E-state index contributed by atoms with van der Waals surface area (Å²) in [7, 11) is 0. The van der Waals surface area contributed by atoms with Gasteiger partial charge in [0.15, 0.2) is 11.6 Å². The lowest BCUT2D eigenvalue weighted by Crippen LogP contribution is -2.43. The van der Waals surface area contributed by atoms with Gasteiger partial charge >= 0.3 is 0 Å². The minimum absolute atomic E-state index is 0.0736. The van der Waals surface area contributed by atoms with Gasteiger partial charge in [-0.2, -0.15) is 0 Å². The molecule has 2 aromatic rings. The van der Waals surface area contributed by atoms with E-state index in [4.69, 9.17) is 5.73 Å². The third-order valence-electron chi connectivity index (χ3n) is 4.27. The van der Waals surface area contributed by atoms with Gasteiger partial charge in [0.05, 0.1) is 5.69 Å². The topological polar surface area (TPSA) is 63.4 Å². The van der Waals surface area contributed by atoms with Crippen molar-refractivity contribution < 1.29 is 22.8 Å². The molecule has 0 radical (unpaired) electrons. The van der Waals surface area contributed by atoms with Crippen LogP contribution < -0.4 is 10.6 Å². The lowest BCUT2D eigenvalue weighted by molar-refractivity contribution is -0.124. The van der Waals surface area contributed by atoms with Crippen LogP contribution in [0.1, 0.15) is 18.1 Å². The van der Waals surface area contributed by atoms with E-state index in [9.17, 15) is 22.8 Å². The number of primary amides is 1. The molecule has 3 rings (SSSR count). The second kappa shape index (κ2) is 5.36. The Hall–Kier alpha value is -2.83. The zero-order valence-corrected chi connectivity index (χ0v) is 12.6. The molecule has 2 amide bonds. The number of carbonyl (C=O) groups is 2. The Balaban J connectivity index is 2.28. The molecule has 1 heterocycles. The predicted octanol–water partition coefficient (Wildman–Crippen LogP) is 2.24. The standard InChI is InChI=1S/C17H13F3N2O2/c1-17(9-2-4-10(18)5-3-9)14-12(7-6-11(19)15(14)20)22(16(17)24)8-13(21)23/h2-7H,8H2,1H3,(H2,21,23)/t17-/m1/s1. The fraction of sp³-hybridized carbons (Fsp3) is 0.176. The molecule has 0 aliphatic carbocycles. The summed E-state index contributed by atoms with van der Waals surface area (Å²) in [6.07, 6.45) is 0. The Kier molecular flexibility index (Phi) is 3.59. The van der Waals surface area contributed by atoms with E-state index in [1.807, 2.05) is 0 Å². The molecule has 2 aromatic carbocycles. The summed E-state index contributed by atoms with van der Waals surface area (Å²) in [4.78, 5) is 25.2. The van der Waals surface area contributed by atoms with Gasteiger partial charge in [-0.05, 0) is 36.8 Å².